The van der Waals surface area contributed by atoms with Gasteiger partial charge in [0.05, 0.1) is 29.8 Å². The molecule has 0 atom stereocenters. The van der Waals surface area contributed by atoms with E-state index in [1.807, 2.05) is 30.3 Å². The molecule has 0 aliphatic heterocycles. The van der Waals surface area contributed by atoms with Gasteiger partial charge in [-0.3, -0.25) is 10.1 Å². The van der Waals surface area contributed by atoms with E-state index in [0.717, 1.165) is 0 Å². The number of ether oxygens (including phenoxy) is 2. The summed E-state index contributed by atoms with van der Waals surface area (Å²) in [6, 6.07) is 15.9. The number of nitro groups is 1. The maximum Gasteiger partial charge on any atom is 0.349 e. The molecule has 0 N–H and O–H groups in total. The standard InChI is InChI=1S/C23H23N2O5.ClHO4/c1-5-30-23(26)19-15(2)24(3)21(17-9-7-6-8-10-17)22(25(27)28)20(19)16-11-13-18(29-4)14-12-16;2-1(3,4)5/h6-14H,5H2,1-4H3;(H,2,3,4,5)/q+1;/p-1. The Kier molecular flexibility index (Phi) is 9.23. The Bertz CT molecular complexity index is 1190. The zero-order valence-electron chi connectivity index (χ0n) is 19.3. The molecule has 0 fully saturated rings. The minimum absolute atomic E-state index is 0.150. The molecule has 0 saturated heterocycles. The Hall–Kier alpha value is -3.61. The number of esters is 1. The van der Waals surface area contributed by atoms with Gasteiger partial charge in [-0.25, -0.2) is 23.4 Å². The van der Waals surface area contributed by atoms with Gasteiger partial charge in [-0.15, -0.1) is 10.2 Å². The fraction of sp³-hybridized carbons (Fsp3) is 0.217. The topological polar surface area (TPSA) is 175 Å². The van der Waals surface area contributed by atoms with E-state index in [1.54, 1.807) is 56.8 Å². The highest BCUT2D eigenvalue weighted by molar-refractivity contribution is 6.02. The van der Waals surface area contributed by atoms with E-state index in [9.17, 15) is 14.9 Å². The van der Waals surface area contributed by atoms with Crippen LogP contribution in [0.4, 0.5) is 5.69 Å². The van der Waals surface area contributed by atoms with Gasteiger partial charge in [-0.05, 0) is 36.8 Å². The monoisotopic (exact) mass is 506 g/mol. The molecule has 0 unspecified atom stereocenters. The van der Waals surface area contributed by atoms with E-state index in [4.69, 9.17) is 28.1 Å². The number of methoxy groups -OCH3 is 1. The summed E-state index contributed by atoms with van der Waals surface area (Å²) in [5, 5.41) is 12.3. The molecular formula is C23H23ClN2O9. The van der Waals surface area contributed by atoms with E-state index in [1.165, 1.54) is 0 Å². The van der Waals surface area contributed by atoms with E-state index >= 15 is 0 Å². The molecule has 2 aromatic carbocycles. The number of carbonyl (C=O) groups excluding carboxylic acids is 1. The largest absolute Gasteiger partial charge is 0.497 e. The SMILES string of the molecule is CCOC(=O)c1c(-c2ccc(OC)cc2)c([N+](=O)[O-])c(-c2ccccc2)[n+](C)c1C.[O-][Cl+3]([O-])([O-])[O-]. The summed E-state index contributed by atoms with van der Waals surface area (Å²) < 4.78 is 46.1. The maximum atomic E-state index is 12.9. The third-order valence-corrected chi connectivity index (χ3v) is 5.00. The molecule has 0 aliphatic rings. The molecule has 0 aliphatic carbocycles. The quantitative estimate of drug-likeness (QED) is 0.184. The third kappa shape index (κ3) is 6.94. The number of nitrogens with zero attached hydrogens (tertiary/aromatic N) is 2. The molecule has 0 bridgehead atoms. The van der Waals surface area contributed by atoms with Gasteiger partial charge in [-0.1, -0.05) is 30.3 Å². The highest BCUT2D eigenvalue weighted by Crippen LogP contribution is 2.40. The number of rotatable bonds is 6. The van der Waals surface area contributed by atoms with Gasteiger partial charge in [-0.2, -0.15) is 4.57 Å². The van der Waals surface area contributed by atoms with Crippen molar-refractivity contribution in [3.05, 3.63) is 76.0 Å². The summed E-state index contributed by atoms with van der Waals surface area (Å²) in [4.78, 5) is 24.8. The number of benzene rings is 2. The molecule has 35 heavy (non-hydrogen) atoms. The third-order valence-electron chi connectivity index (χ3n) is 5.00. The van der Waals surface area contributed by atoms with Crippen molar-refractivity contribution in [2.24, 2.45) is 7.05 Å². The van der Waals surface area contributed by atoms with Crippen molar-refractivity contribution in [3.8, 4) is 28.1 Å². The normalized spacial score (nSPS) is 10.7. The maximum absolute atomic E-state index is 12.9. The Morgan fingerprint density at radius 3 is 2.00 bits per heavy atom. The van der Waals surface area contributed by atoms with E-state index in [-0.39, 0.29) is 23.4 Å². The van der Waals surface area contributed by atoms with Gasteiger partial charge < -0.3 is 9.47 Å². The van der Waals surface area contributed by atoms with Crippen molar-refractivity contribution in [1.82, 2.24) is 0 Å². The second kappa shape index (κ2) is 11.7. The number of halogens is 1. The molecule has 186 valence electrons. The Labute approximate surface area is 203 Å². The predicted octanol–water partition coefficient (Wildman–Crippen LogP) is -0.509. The van der Waals surface area contributed by atoms with Crippen molar-refractivity contribution >= 4 is 11.7 Å². The van der Waals surface area contributed by atoms with Crippen molar-refractivity contribution < 1.29 is 52.6 Å². The van der Waals surface area contributed by atoms with Crippen LogP contribution in [0.3, 0.4) is 0 Å². The van der Waals surface area contributed by atoms with Crippen LogP contribution in [0.5, 0.6) is 5.75 Å². The van der Waals surface area contributed by atoms with Gasteiger partial charge in [0.1, 0.15) is 18.4 Å². The van der Waals surface area contributed by atoms with Crippen molar-refractivity contribution in [1.29, 1.82) is 0 Å². The fourth-order valence-electron chi connectivity index (χ4n) is 3.51. The first-order valence-corrected chi connectivity index (χ1v) is 11.3. The van der Waals surface area contributed by atoms with Crippen LogP contribution in [0.15, 0.2) is 54.6 Å². The van der Waals surface area contributed by atoms with E-state index in [0.29, 0.717) is 28.3 Å². The minimum Gasteiger partial charge on any atom is -0.497 e. The molecule has 0 radical (unpaired) electrons. The Morgan fingerprint density at radius 1 is 1.00 bits per heavy atom. The lowest BCUT2D eigenvalue weighted by Crippen LogP contribution is -2.68. The summed E-state index contributed by atoms with van der Waals surface area (Å²) >= 11 is 0. The number of pyridine rings is 1. The second-order valence-electron chi connectivity index (χ2n) is 7.04. The summed E-state index contributed by atoms with van der Waals surface area (Å²) in [7, 11) is -1.69. The average Bonchev–Trinajstić information content (AvgIpc) is 2.79. The van der Waals surface area contributed by atoms with Gasteiger partial charge in [0.2, 0.25) is 0 Å². The van der Waals surface area contributed by atoms with Crippen LogP contribution < -0.4 is 27.9 Å². The van der Waals surface area contributed by atoms with Crippen molar-refractivity contribution in [3.63, 3.8) is 0 Å². The lowest BCUT2D eigenvalue weighted by atomic mass is 9.93. The zero-order chi connectivity index (χ0) is 26.3. The first-order chi connectivity index (χ1) is 16.4. The van der Waals surface area contributed by atoms with Crippen molar-refractivity contribution in [2.45, 2.75) is 13.8 Å². The van der Waals surface area contributed by atoms with Crippen LogP contribution in [0.25, 0.3) is 22.4 Å². The van der Waals surface area contributed by atoms with E-state index < -0.39 is 21.1 Å². The molecule has 12 heteroatoms. The highest BCUT2D eigenvalue weighted by Gasteiger charge is 2.38. The molecular weight excluding hydrogens is 484 g/mol. The number of aromatic nitrogens is 1. The van der Waals surface area contributed by atoms with Crippen LogP contribution in [0, 0.1) is 27.3 Å². The number of hydrogen-bond donors (Lipinski definition) is 0. The van der Waals surface area contributed by atoms with Gasteiger partial charge in [0.15, 0.2) is 5.69 Å². The smallest absolute Gasteiger partial charge is 0.349 e. The van der Waals surface area contributed by atoms with Crippen LogP contribution in [-0.4, -0.2) is 24.6 Å². The Balaban J connectivity index is 0.000000784. The van der Waals surface area contributed by atoms with Crippen LogP contribution in [0.1, 0.15) is 23.0 Å². The van der Waals surface area contributed by atoms with Crippen LogP contribution >= 0.6 is 0 Å². The summed E-state index contributed by atoms with van der Waals surface area (Å²) in [5.74, 6) is 0.0136. The molecule has 1 heterocycles. The van der Waals surface area contributed by atoms with Crippen LogP contribution in [0.2, 0.25) is 0 Å². The first kappa shape index (κ1) is 27.6. The highest BCUT2D eigenvalue weighted by atomic mass is 35.7. The van der Waals surface area contributed by atoms with Crippen LogP contribution in [-0.2, 0) is 11.8 Å². The molecule has 1 aromatic heterocycles. The number of carbonyl (C=O) groups is 1. The summed E-state index contributed by atoms with van der Waals surface area (Å²) in [5.41, 5.74) is 2.46. The van der Waals surface area contributed by atoms with Gasteiger partial charge in [0.25, 0.3) is 5.69 Å². The van der Waals surface area contributed by atoms with Crippen molar-refractivity contribution in [2.75, 3.05) is 13.7 Å². The molecule has 3 rings (SSSR count). The molecule has 11 nitrogen and oxygen atoms in total. The molecule has 0 saturated carbocycles. The van der Waals surface area contributed by atoms with Gasteiger partial charge in [0, 0.05) is 6.92 Å². The summed E-state index contributed by atoms with van der Waals surface area (Å²) in [6.07, 6.45) is 0. The van der Waals surface area contributed by atoms with Gasteiger partial charge >= 0.3 is 11.7 Å². The molecule has 0 spiro atoms. The average molecular weight is 507 g/mol. The Morgan fingerprint density at radius 2 is 1.54 bits per heavy atom. The fourth-order valence-corrected chi connectivity index (χ4v) is 3.51. The molecule has 0 amide bonds. The van der Waals surface area contributed by atoms with E-state index in [2.05, 4.69) is 0 Å². The number of hydrogen-bond acceptors (Lipinski definition) is 9. The zero-order valence-corrected chi connectivity index (χ0v) is 20.1. The first-order valence-electron chi connectivity index (χ1n) is 10.1. The summed E-state index contributed by atoms with van der Waals surface area (Å²) in [6.45, 7) is 3.63. The predicted molar refractivity (Wildman–Crippen MR) is 112 cm³/mol. The lowest BCUT2D eigenvalue weighted by Gasteiger charge is -2.17. The molecule has 3 aromatic rings. The minimum atomic E-state index is -4.94. The lowest BCUT2D eigenvalue weighted by molar-refractivity contribution is -2.00. The second-order valence-corrected chi connectivity index (χ2v) is 7.80.